The molecular formula is C24H24Cl2N2O3S. The Morgan fingerprint density at radius 2 is 1.66 bits per heavy atom. The van der Waals surface area contributed by atoms with E-state index >= 15 is 0 Å². The van der Waals surface area contributed by atoms with Gasteiger partial charge in [0.2, 0.25) is 10.0 Å². The number of carbonyl (C=O) groups is 1. The van der Waals surface area contributed by atoms with E-state index in [1.165, 1.54) is 4.31 Å². The van der Waals surface area contributed by atoms with E-state index in [4.69, 9.17) is 23.2 Å². The van der Waals surface area contributed by atoms with Gasteiger partial charge in [0.25, 0.3) is 5.91 Å². The molecule has 3 aromatic rings. The first-order chi connectivity index (χ1) is 15.1. The highest BCUT2D eigenvalue weighted by molar-refractivity contribution is 7.92. The molecule has 0 aliphatic rings. The fraction of sp³-hybridized carbons (Fsp3) is 0.208. The minimum Gasteiger partial charge on any atom is -0.321 e. The zero-order chi connectivity index (χ0) is 23.5. The van der Waals surface area contributed by atoms with Gasteiger partial charge in [-0.25, -0.2) is 8.42 Å². The number of carbonyl (C=O) groups excluding carboxylic acids is 1. The molecule has 3 rings (SSSR count). The van der Waals surface area contributed by atoms with Crippen molar-refractivity contribution in [2.45, 2.75) is 26.8 Å². The Morgan fingerprint density at radius 3 is 2.28 bits per heavy atom. The lowest BCUT2D eigenvalue weighted by Gasteiger charge is -2.24. The topological polar surface area (TPSA) is 66.5 Å². The molecule has 0 spiro atoms. The third-order valence-corrected chi connectivity index (χ3v) is 7.06. The SMILES string of the molecule is CCc1cccc(C)c1NC(=O)c1ccc(CN(c2cccc(Cl)c2Cl)S(C)(=O)=O)cc1. The quantitative estimate of drug-likeness (QED) is 0.436. The summed E-state index contributed by atoms with van der Waals surface area (Å²) >= 11 is 12.3. The lowest BCUT2D eigenvalue weighted by Crippen LogP contribution is -2.29. The van der Waals surface area contributed by atoms with E-state index in [2.05, 4.69) is 5.32 Å². The van der Waals surface area contributed by atoms with Crippen molar-refractivity contribution in [3.8, 4) is 0 Å². The van der Waals surface area contributed by atoms with Crippen molar-refractivity contribution in [1.82, 2.24) is 0 Å². The van der Waals surface area contributed by atoms with Crippen LogP contribution in [0.25, 0.3) is 0 Å². The molecule has 0 saturated heterocycles. The number of rotatable bonds is 7. The molecule has 0 aliphatic heterocycles. The molecule has 0 aromatic heterocycles. The number of benzene rings is 3. The van der Waals surface area contributed by atoms with Crippen LogP contribution in [-0.4, -0.2) is 20.6 Å². The van der Waals surface area contributed by atoms with E-state index < -0.39 is 10.0 Å². The summed E-state index contributed by atoms with van der Waals surface area (Å²) in [5.74, 6) is -0.224. The summed E-state index contributed by atoms with van der Waals surface area (Å²) in [6, 6.07) is 17.6. The Bertz CT molecular complexity index is 1240. The monoisotopic (exact) mass is 490 g/mol. The van der Waals surface area contributed by atoms with Crippen LogP contribution in [0.1, 0.15) is 34.0 Å². The minimum absolute atomic E-state index is 0.0541. The van der Waals surface area contributed by atoms with E-state index in [-0.39, 0.29) is 22.5 Å². The first kappa shape index (κ1) is 24.1. The van der Waals surface area contributed by atoms with Crippen LogP contribution in [0.5, 0.6) is 0 Å². The molecule has 1 N–H and O–H groups in total. The van der Waals surface area contributed by atoms with Gasteiger partial charge in [0.05, 0.1) is 28.5 Å². The number of aryl methyl sites for hydroxylation is 2. The molecule has 0 heterocycles. The summed E-state index contributed by atoms with van der Waals surface area (Å²) in [7, 11) is -3.62. The number of sulfonamides is 1. The van der Waals surface area contributed by atoms with Crippen molar-refractivity contribution in [3.05, 3.63) is 93.0 Å². The highest BCUT2D eigenvalue weighted by Gasteiger charge is 2.22. The lowest BCUT2D eigenvalue weighted by atomic mass is 10.0. The molecular weight excluding hydrogens is 467 g/mol. The molecule has 32 heavy (non-hydrogen) atoms. The number of hydrogen-bond donors (Lipinski definition) is 1. The highest BCUT2D eigenvalue weighted by atomic mass is 35.5. The number of halogens is 2. The molecule has 0 unspecified atom stereocenters. The van der Waals surface area contributed by atoms with Crippen LogP contribution in [0.4, 0.5) is 11.4 Å². The average Bonchev–Trinajstić information content (AvgIpc) is 2.75. The molecule has 3 aromatic carbocycles. The second-order valence-electron chi connectivity index (χ2n) is 7.46. The van der Waals surface area contributed by atoms with Gasteiger partial charge in [-0.1, -0.05) is 66.5 Å². The third-order valence-electron chi connectivity index (χ3n) is 5.12. The Hall–Kier alpha value is -2.54. The Kier molecular flexibility index (Phi) is 7.49. The van der Waals surface area contributed by atoms with Crippen molar-refractivity contribution in [2.24, 2.45) is 0 Å². The molecule has 8 heteroatoms. The van der Waals surface area contributed by atoms with Crippen LogP contribution in [0.3, 0.4) is 0 Å². The fourth-order valence-corrected chi connectivity index (χ4v) is 4.72. The second kappa shape index (κ2) is 9.94. The smallest absolute Gasteiger partial charge is 0.255 e. The van der Waals surface area contributed by atoms with Crippen LogP contribution in [0, 0.1) is 6.92 Å². The van der Waals surface area contributed by atoms with Crippen molar-refractivity contribution in [3.63, 3.8) is 0 Å². The molecule has 5 nitrogen and oxygen atoms in total. The van der Waals surface area contributed by atoms with Crippen LogP contribution >= 0.6 is 23.2 Å². The molecule has 0 bridgehead atoms. The van der Waals surface area contributed by atoms with Crippen LogP contribution < -0.4 is 9.62 Å². The van der Waals surface area contributed by atoms with Crippen molar-refractivity contribution >= 4 is 50.5 Å². The van der Waals surface area contributed by atoms with Gasteiger partial charge in [-0.3, -0.25) is 9.10 Å². The minimum atomic E-state index is -3.62. The van der Waals surface area contributed by atoms with Gasteiger partial charge in [-0.15, -0.1) is 0 Å². The lowest BCUT2D eigenvalue weighted by molar-refractivity contribution is 0.102. The standard InChI is InChI=1S/C24H24Cl2N2O3S/c1-4-18-8-5-7-16(2)23(18)27-24(29)19-13-11-17(12-14-19)15-28(32(3,30)31)21-10-6-9-20(25)22(21)26/h5-14H,4,15H2,1-3H3,(H,27,29). The predicted molar refractivity (Wildman–Crippen MR) is 132 cm³/mol. The number of nitrogens with zero attached hydrogens (tertiary/aromatic N) is 1. The summed E-state index contributed by atoms with van der Waals surface area (Å²) < 4.78 is 26.1. The maximum Gasteiger partial charge on any atom is 0.255 e. The number of para-hydroxylation sites is 1. The molecule has 0 saturated carbocycles. The Labute approximate surface area is 199 Å². The largest absolute Gasteiger partial charge is 0.321 e. The second-order valence-corrected chi connectivity index (χ2v) is 10.1. The summed E-state index contributed by atoms with van der Waals surface area (Å²) in [5.41, 5.74) is 4.37. The maximum absolute atomic E-state index is 12.8. The van der Waals surface area contributed by atoms with E-state index in [0.29, 0.717) is 16.8 Å². The van der Waals surface area contributed by atoms with Gasteiger partial charge in [0.15, 0.2) is 0 Å². The van der Waals surface area contributed by atoms with Crippen LogP contribution in [0.15, 0.2) is 60.7 Å². The number of hydrogen-bond acceptors (Lipinski definition) is 3. The van der Waals surface area contributed by atoms with Gasteiger partial charge >= 0.3 is 0 Å². The first-order valence-electron chi connectivity index (χ1n) is 10.0. The third kappa shape index (κ3) is 5.44. The number of nitrogens with one attached hydrogen (secondary N) is 1. The van der Waals surface area contributed by atoms with E-state index in [0.717, 1.165) is 29.5 Å². The number of anilines is 2. The van der Waals surface area contributed by atoms with E-state index in [9.17, 15) is 13.2 Å². The van der Waals surface area contributed by atoms with E-state index in [1.54, 1.807) is 42.5 Å². The van der Waals surface area contributed by atoms with E-state index in [1.807, 2.05) is 32.0 Å². The van der Waals surface area contributed by atoms with Gasteiger partial charge in [0, 0.05) is 11.3 Å². The molecule has 1 amide bonds. The van der Waals surface area contributed by atoms with Crippen molar-refractivity contribution in [2.75, 3.05) is 15.9 Å². The molecule has 168 valence electrons. The van der Waals surface area contributed by atoms with Crippen molar-refractivity contribution in [1.29, 1.82) is 0 Å². The maximum atomic E-state index is 12.8. The zero-order valence-electron chi connectivity index (χ0n) is 18.0. The Balaban J connectivity index is 1.83. The molecule has 0 aliphatic carbocycles. The van der Waals surface area contributed by atoms with Crippen LogP contribution in [0.2, 0.25) is 10.0 Å². The highest BCUT2D eigenvalue weighted by Crippen LogP contribution is 2.34. The molecule has 0 radical (unpaired) electrons. The fourth-order valence-electron chi connectivity index (χ4n) is 3.38. The summed E-state index contributed by atoms with van der Waals surface area (Å²) in [4.78, 5) is 12.8. The summed E-state index contributed by atoms with van der Waals surface area (Å²) in [6.45, 7) is 4.05. The molecule has 0 atom stereocenters. The summed E-state index contributed by atoms with van der Waals surface area (Å²) in [5, 5.41) is 3.43. The first-order valence-corrected chi connectivity index (χ1v) is 12.6. The Morgan fingerprint density at radius 1 is 1.00 bits per heavy atom. The van der Waals surface area contributed by atoms with Gasteiger partial charge < -0.3 is 5.32 Å². The van der Waals surface area contributed by atoms with Gasteiger partial charge in [-0.2, -0.15) is 0 Å². The van der Waals surface area contributed by atoms with Crippen LogP contribution in [-0.2, 0) is 23.0 Å². The van der Waals surface area contributed by atoms with Crippen molar-refractivity contribution < 1.29 is 13.2 Å². The normalized spacial score (nSPS) is 11.3. The van der Waals surface area contributed by atoms with Gasteiger partial charge in [-0.05, 0) is 54.3 Å². The average molecular weight is 491 g/mol. The molecule has 0 fully saturated rings. The van der Waals surface area contributed by atoms with Gasteiger partial charge in [0.1, 0.15) is 0 Å². The number of amides is 1. The predicted octanol–water partition coefficient (Wildman–Crippen LogP) is 6.08. The summed E-state index contributed by atoms with van der Waals surface area (Å²) in [6.07, 6.45) is 1.92. The zero-order valence-corrected chi connectivity index (χ0v) is 20.4.